The molecule has 3 aromatic rings. The van der Waals surface area contributed by atoms with E-state index in [1.807, 2.05) is 0 Å². The smallest absolute Gasteiger partial charge is 0.416 e. The highest BCUT2D eigenvalue weighted by Crippen LogP contribution is 2.40. The topological polar surface area (TPSA) is 69.4 Å². The molecule has 0 aliphatic carbocycles. The van der Waals surface area contributed by atoms with E-state index < -0.39 is 40.0 Å². The minimum atomic E-state index is -4.76. The number of nitrogens with zero attached hydrogens (tertiary/aromatic N) is 1. The van der Waals surface area contributed by atoms with Crippen molar-refractivity contribution in [1.29, 1.82) is 0 Å². The van der Waals surface area contributed by atoms with Crippen molar-refractivity contribution in [2.24, 2.45) is 0 Å². The molecular formula is C23H15F6NO4. The number of hydrogen-bond donors (Lipinski definition) is 0. The van der Waals surface area contributed by atoms with Crippen LogP contribution in [-0.2, 0) is 22.7 Å². The van der Waals surface area contributed by atoms with Crippen LogP contribution < -0.4 is 0 Å². The number of halogens is 6. The van der Waals surface area contributed by atoms with E-state index in [0.29, 0.717) is 12.1 Å². The van der Waals surface area contributed by atoms with Crippen LogP contribution in [0.1, 0.15) is 39.5 Å². The number of rotatable bonds is 5. The average Bonchev–Trinajstić information content (AvgIpc) is 2.78. The molecule has 0 aromatic heterocycles. The largest absolute Gasteiger partial charge is 0.446 e. The van der Waals surface area contributed by atoms with Crippen molar-refractivity contribution < 1.29 is 40.8 Å². The van der Waals surface area contributed by atoms with Crippen LogP contribution in [0.5, 0.6) is 0 Å². The Labute approximate surface area is 188 Å². The Bertz CT molecular complexity index is 1160. The number of non-ortho nitro benzene ring substituents is 1. The van der Waals surface area contributed by atoms with E-state index in [1.165, 1.54) is 19.1 Å². The number of carbonyl (C=O) groups is 1. The molecule has 178 valence electrons. The van der Waals surface area contributed by atoms with E-state index in [9.17, 15) is 41.3 Å². The highest BCUT2D eigenvalue weighted by atomic mass is 19.4. The van der Waals surface area contributed by atoms with Crippen LogP contribution in [0, 0.1) is 10.1 Å². The van der Waals surface area contributed by atoms with E-state index in [0.717, 1.165) is 48.5 Å². The van der Waals surface area contributed by atoms with Gasteiger partial charge in [0.1, 0.15) is 0 Å². The first kappa shape index (κ1) is 24.7. The van der Waals surface area contributed by atoms with Crippen molar-refractivity contribution in [3.63, 3.8) is 0 Å². The molecule has 0 radical (unpaired) electrons. The summed E-state index contributed by atoms with van der Waals surface area (Å²) in [7, 11) is 0. The summed E-state index contributed by atoms with van der Waals surface area (Å²) in [4.78, 5) is 22.9. The lowest BCUT2D eigenvalue weighted by molar-refractivity contribution is -0.384. The first-order chi connectivity index (χ1) is 15.7. The molecule has 0 amide bonds. The number of alkyl halides is 6. The second kappa shape index (κ2) is 8.81. The zero-order valence-corrected chi connectivity index (χ0v) is 17.3. The molecule has 34 heavy (non-hydrogen) atoms. The van der Waals surface area contributed by atoms with E-state index in [-0.39, 0.29) is 22.4 Å². The average molecular weight is 483 g/mol. The minimum Gasteiger partial charge on any atom is -0.446 e. The fourth-order valence-corrected chi connectivity index (χ4v) is 3.23. The van der Waals surface area contributed by atoms with Gasteiger partial charge in [-0.25, -0.2) is 4.79 Å². The fourth-order valence-electron chi connectivity index (χ4n) is 3.23. The molecule has 0 saturated carbocycles. The van der Waals surface area contributed by atoms with Crippen LogP contribution in [-0.4, -0.2) is 10.9 Å². The molecule has 0 aliphatic heterocycles. The maximum absolute atomic E-state index is 13.3. The molecular weight excluding hydrogens is 468 g/mol. The maximum atomic E-state index is 13.3. The molecule has 0 N–H and O–H groups in total. The second-order valence-corrected chi connectivity index (χ2v) is 7.38. The van der Waals surface area contributed by atoms with Gasteiger partial charge >= 0.3 is 18.3 Å². The van der Waals surface area contributed by atoms with Gasteiger partial charge in [0.2, 0.25) is 0 Å². The Balaban J connectivity index is 2.13. The quantitative estimate of drug-likeness (QED) is 0.174. The van der Waals surface area contributed by atoms with Crippen molar-refractivity contribution in [3.8, 4) is 0 Å². The van der Waals surface area contributed by atoms with E-state index in [2.05, 4.69) is 0 Å². The maximum Gasteiger partial charge on any atom is 0.416 e. The van der Waals surface area contributed by atoms with Crippen LogP contribution in [0.4, 0.5) is 32.0 Å². The Morgan fingerprint density at radius 2 is 1.18 bits per heavy atom. The highest BCUT2D eigenvalue weighted by Gasteiger charge is 2.39. The zero-order valence-electron chi connectivity index (χ0n) is 17.3. The van der Waals surface area contributed by atoms with Gasteiger partial charge in [-0.15, -0.1) is 0 Å². The first-order valence-corrected chi connectivity index (χ1v) is 9.55. The third kappa shape index (κ3) is 5.19. The lowest BCUT2D eigenvalue weighted by atomic mass is 9.86. The Morgan fingerprint density at radius 1 is 0.765 bits per heavy atom. The van der Waals surface area contributed by atoms with Gasteiger partial charge in [0.25, 0.3) is 5.69 Å². The Hall–Kier alpha value is -3.89. The van der Waals surface area contributed by atoms with Gasteiger partial charge in [-0.1, -0.05) is 24.3 Å². The molecule has 0 heterocycles. The predicted molar refractivity (Wildman–Crippen MR) is 108 cm³/mol. The third-order valence-corrected chi connectivity index (χ3v) is 5.09. The Morgan fingerprint density at radius 3 is 1.56 bits per heavy atom. The number of benzene rings is 3. The summed E-state index contributed by atoms with van der Waals surface area (Å²) in [5.74, 6) is -1.10. The van der Waals surface area contributed by atoms with Crippen LogP contribution in [0.3, 0.4) is 0 Å². The standard InChI is InChI=1S/C23H15F6NO4/c1-21(15-4-2-6-17(12-15)22(24,25)26,16-5-3-7-18(13-16)23(27,28)29)34-20(31)14-8-10-19(11-9-14)30(32)33/h2-13H,1H3. The van der Waals surface area contributed by atoms with E-state index >= 15 is 0 Å². The molecule has 3 rings (SSSR count). The fraction of sp³-hybridized carbons (Fsp3) is 0.174. The van der Waals surface area contributed by atoms with Crippen molar-refractivity contribution >= 4 is 11.7 Å². The Kier molecular flexibility index (Phi) is 6.41. The van der Waals surface area contributed by atoms with Crippen molar-refractivity contribution in [3.05, 3.63) is 111 Å². The summed E-state index contributed by atoms with van der Waals surface area (Å²) in [6.07, 6.45) is -9.51. The number of nitro groups is 1. The molecule has 0 saturated heterocycles. The summed E-state index contributed by atoms with van der Waals surface area (Å²) >= 11 is 0. The monoisotopic (exact) mass is 483 g/mol. The molecule has 0 fully saturated rings. The van der Waals surface area contributed by atoms with Crippen LogP contribution >= 0.6 is 0 Å². The summed E-state index contributed by atoms with van der Waals surface area (Å²) < 4.78 is 85.3. The van der Waals surface area contributed by atoms with E-state index in [1.54, 1.807) is 0 Å². The van der Waals surface area contributed by atoms with Crippen LogP contribution in [0.2, 0.25) is 0 Å². The lowest BCUT2D eigenvalue weighted by Crippen LogP contribution is -2.31. The number of esters is 1. The van der Waals surface area contributed by atoms with Gasteiger partial charge in [-0.2, -0.15) is 26.3 Å². The van der Waals surface area contributed by atoms with Gasteiger partial charge < -0.3 is 4.74 Å². The molecule has 0 bridgehead atoms. The van der Waals surface area contributed by atoms with E-state index in [4.69, 9.17) is 4.74 Å². The van der Waals surface area contributed by atoms with Gasteiger partial charge in [0, 0.05) is 23.3 Å². The molecule has 0 spiro atoms. The van der Waals surface area contributed by atoms with Crippen molar-refractivity contribution in [2.75, 3.05) is 0 Å². The van der Waals surface area contributed by atoms with Gasteiger partial charge in [-0.3, -0.25) is 10.1 Å². The molecule has 0 unspecified atom stereocenters. The summed E-state index contributed by atoms with van der Waals surface area (Å²) in [5.41, 5.74) is -5.20. The zero-order chi connectivity index (χ0) is 25.3. The normalized spacial score (nSPS) is 12.3. The van der Waals surface area contributed by atoms with Gasteiger partial charge in [0.05, 0.1) is 21.6 Å². The van der Waals surface area contributed by atoms with Crippen molar-refractivity contribution in [1.82, 2.24) is 0 Å². The summed E-state index contributed by atoms with van der Waals surface area (Å²) in [6.45, 7) is 1.17. The van der Waals surface area contributed by atoms with Crippen molar-refractivity contribution in [2.45, 2.75) is 24.9 Å². The first-order valence-electron chi connectivity index (χ1n) is 9.55. The number of nitro benzene ring substituents is 1. The lowest BCUT2D eigenvalue weighted by Gasteiger charge is -2.32. The highest BCUT2D eigenvalue weighted by molar-refractivity contribution is 5.90. The number of ether oxygens (including phenoxy) is 1. The molecule has 5 nitrogen and oxygen atoms in total. The SMILES string of the molecule is CC(OC(=O)c1ccc([N+](=O)[O-])cc1)(c1cccc(C(F)(F)F)c1)c1cccc(C(F)(F)F)c1. The molecule has 0 atom stereocenters. The van der Waals surface area contributed by atoms with Crippen LogP contribution in [0.25, 0.3) is 0 Å². The summed E-state index contributed by atoms with van der Waals surface area (Å²) in [5, 5.41) is 10.8. The minimum absolute atomic E-state index is 0.184. The number of carbonyl (C=O) groups excluding carboxylic acids is 1. The van der Waals surface area contributed by atoms with Crippen LogP contribution in [0.15, 0.2) is 72.8 Å². The summed E-state index contributed by atoms with van der Waals surface area (Å²) in [6, 6.07) is 11.6. The molecule has 3 aromatic carbocycles. The number of hydrogen-bond acceptors (Lipinski definition) is 4. The molecule has 0 aliphatic rings. The molecule has 11 heteroatoms. The van der Waals surface area contributed by atoms with Gasteiger partial charge in [-0.05, 0) is 43.3 Å². The van der Waals surface area contributed by atoms with Gasteiger partial charge in [0.15, 0.2) is 5.60 Å². The third-order valence-electron chi connectivity index (χ3n) is 5.09. The second-order valence-electron chi connectivity index (χ2n) is 7.38. The predicted octanol–water partition coefficient (Wildman–Crippen LogP) is 6.75.